The summed E-state index contributed by atoms with van der Waals surface area (Å²) in [6, 6.07) is 7.53. The number of hydrogen-bond acceptors (Lipinski definition) is 11. The van der Waals surface area contributed by atoms with Crippen LogP contribution in [0.3, 0.4) is 0 Å². The molecule has 168 valence electrons. The first-order chi connectivity index (χ1) is 16.2. The molecule has 4 heterocycles. The number of anilines is 1. The second kappa shape index (κ2) is 9.24. The summed E-state index contributed by atoms with van der Waals surface area (Å²) in [5, 5.41) is 25.0. The molecule has 0 amide bonds. The molecule has 1 aliphatic rings. The van der Waals surface area contributed by atoms with Crippen LogP contribution in [0.2, 0.25) is 0 Å². The van der Waals surface area contributed by atoms with Crippen LogP contribution in [-0.2, 0) is 6.61 Å². The standard InChI is InChI=1S/C20H19N9O3S/c30-29(31)17-9-21-20(22-10-17)27-7-5-14(6-8-27)19-24-15(12-33-19)11-32-18-3-1-16(2-4-18)28-13-23-25-26-28/h1-4,9-10,12-14H,5-8,11H2. The molecule has 0 spiro atoms. The topological polar surface area (TPSA) is 138 Å². The van der Waals surface area contributed by atoms with Gasteiger partial charge >= 0.3 is 5.69 Å². The molecule has 3 aromatic heterocycles. The highest BCUT2D eigenvalue weighted by molar-refractivity contribution is 7.09. The zero-order valence-electron chi connectivity index (χ0n) is 17.4. The Morgan fingerprint density at radius 2 is 1.91 bits per heavy atom. The lowest BCUT2D eigenvalue weighted by molar-refractivity contribution is -0.385. The summed E-state index contributed by atoms with van der Waals surface area (Å²) < 4.78 is 7.46. The van der Waals surface area contributed by atoms with Crippen LogP contribution in [0.5, 0.6) is 5.75 Å². The molecule has 1 aliphatic heterocycles. The largest absolute Gasteiger partial charge is 0.487 e. The van der Waals surface area contributed by atoms with Crippen LogP contribution in [0.15, 0.2) is 48.4 Å². The molecule has 0 saturated carbocycles. The molecule has 0 atom stereocenters. The van der Waals surface area contributed by atoms with Gasteiger partial charge in [0.05, 0.1) is 21.3 Å². The van der Waals surface area contributed by atoms with Crippen LogP contribution in [0.25, 0.3) is 5.69 Å². The van der Waals surface area contributed by atoms with Gasteiger partial charge in [0, 0.05) is 24.4 Å². The molecule has 0 bridgehead atoms. The van der Waals surface area contributed by atoms with E-state index in [9.17, 15) is 10.1 Å². The van der Waals surface area contributed by atoms with Gasteiger partial charge in [0.2, 0.25) is 5.95 Å². The van der Waals surface area contributed by atoms with Gasteiger partial charge in [0.25, 0.3) is 0 Å². The first-order valence-corrected chi connectivity index (χ1v) is 11.2. The lowest BCUT2D eigenvalue weighted by Gasteiger charge is -2.30. The van der Waals surface area contributed by atoms with Crippen LogP contribution in [-0.4, -0.2) is 53.2 Å². The minimum absolute atomic E-state index is 0.102. The molecule has 0 aliphatic carbocycles. The lowest BCUT2D eigenvalue weighted by Crippen LogP contribution is -2.34. The molecule has 4 aromatic rings. The highest BCUT2D eigenvalue weighted by Crippen LogP contribution is 2.31. The molecule has 12 nitrogen and oxygen atoms in total. The summed E-state index contributed by atoms with van der Waals surface area (Å²) in [6.45, 7) is 1.96. The van der Waals surface area contributed by atoms with Crippen molar-refractivity contribution in [1.29, 1.82) is 0 Å². The van der Waals surface area contributed by atoms with Crippen LogP contribution < -0.4 is 9.64 Å². The summed E-state index contributed by atoms with van der Waals surface area (Å²) in [7, 11) is 0. The number of rotatable bonds is 7. The maximum Gasteiger partial charge on any atom is 0.305 e. The third-order valence-corrected chi connectivity index (χ3v) is 6.42. The molecule has 13 heteroatoms. The smallest absolute Gasteiger partial charge is 0.305 e. The summed E-state index contributed by atoms with van der Waals surface area (Å²) in [5.74, 6) is 1.64. The van der Waals surface area contributed by atoms with Crippen molar-refractivity contribution in [3.05, 3.63) is 69.2 Å². The van der Waals surface area contributed by atoms with Crippen molar-refractivity contribution < 1.29 is 9.66 Å². The third-order valence-electron chi connectivity index (χ3n) is 5.37. The van der Waals surface area contributed by atoms with Crippen LogP contribution in [0.4, 0.5) is 11.6 Å². The Labute approximate surface area is 192 Å². The third kappa shape index (κ3) is 4.77. The van der Waals surface area contributed by atoms with E-state index in [1.54, 1.807) is 16.0 Å². The van der Waals surface area contributed by atoms with Crippen LogP contribution in [0.1, 0.15) is 29.5 Å². The normalized spacial score (nSPS) is 14.4. The number of ether oxygens (including phenoxy) is 1. The van der Waals surface area contributed by atoms with Gasteiger partial charge in [-0.15, -0.1) is 16.4 Å². The van der Waals surface area contributed by atoms with Gasteiger partial charge in [-0.1, -0.05) is 0 Å². The Bertz CT molecular complexity index is 1200. The first kappa shape index (κ1) is 20.9. The van der Waals surface area contributed by atoms with Crippen LogP contribution >= 0.6 is 11.3 Å². The SMILES string of the molecule is O=[N+]([O-])c1cnc(N2CCC(c3nc(COc4ccc(-n5cnnn5)cc4)cs3)CC2)nc1. The van der Waals surface area contributed by atoms with Crippen molar-refractivity contribution in [2.45, 2.75) is 25.4 Å². The van der Waals surface area contributed by atoms with Gasteiger partial charge in [-0.3, -0.25) is 10.1 Å². The van der Waals surface area contributed by atoms with E-state index in [2.05, 4.69) is 30.4 Å². The second-order valence-corrected chi connectivity index (χ2v) is 8.36. The summed E-state index contributed by atoms with van der Waals surface area (Å²) in [4.78, 5) is 25.4. The highest BCUT2D eigenvalue weighted by atomic mass is 32.1. The molecule has 1 saturated heterocycles. The van der Waals surface area contributed by atoms with E-state index in [1.807, 2.05) is 29.6 Å². The lowest BCUT2D eigenvalue weighted by atomic mass is 9.98. The predicted molar refractivity (Wildman–Crippen MR) is 118 cm³/mol. The van der Waals surface area contributed by atoms with E-state index in [-0.39, 0.29) is 5.69 Å². The predicted octanol–water partition coefficient (Wildman–Crippen LogP) is 2.78. The molecule has 5 rings (SSSR count). The van der Waals surface area contributed by atoms with Crippen molar-refractivity contribution in [1.82, 2.24) is 35.2 Å². The fraction of sp³-hybridized carbons (Fsp3) is 0.300. The zero-order valence-corrected chi connectivity index (χ0v) is 18.2. The number of aromatic nitrogens is 7. The van der Waals surface area contributed by atoms with Gasteiger partial charge in [0.1, 0.15) is 31.1 Å². The minimum Gasteiger partial charge on any atom is -0.487 e. The summed E-state index contributed by atoms with van der Waals surface area (Å²) >= 11 is 1.65. The molecular weight excluding hydrogens is 446 g/mol. The average Bonchev–Trinajstić information content (AvgIpc) is 3.56. The van der Waals surface area contributed by atoms with E-state index in [4.69, 9.17) is 9.72 Å². The second-order valence-electron chi connectivity index (χ2n) is 7.47. The number of tetrazole rings is 1. The first-order valence-electron chi connectivity index (χ1n) is 10.3. The fourth-order valence-corrected chi connectivity index (χ4v) is 4.58. The Kier molecular flexibility index (Phi) is 5.85. The Morgan fingerprint density at radius 1 is 1.15 bits per heavy atom. The number of nitro groups is 1. The Hall–Kier alpha value is -4.00. The van der Waals surface area contributed by atoms with Crippen LogP contribution in [0, 0.1) is 10.1 Å². The zero-order chi connectivity index (χ0) is 22.6. The van der Waals surface area contributed by atoms with E-state index in [0.717, 1.165) is 48.1 Å². The van der Waals surface area contributed by atoms with Crippen molar-refractivity contribution in [2.24, 2.45) is 0 Å². The molecule has 33 heavy (non-hydrogen) atoms. The number of piperidine rings is 1. The monoisotopic (exact) mass is 465 g/mol. The maximum atomic E-state index is 10.8. The van der Waals surface area contributed by atoms with Gasteiger partial charge in [-0.2, -0.15) is 0 Å². The average molecular weight is 465 g/mol. The number of hydrogen-bond donors (Lipinski definition) is 0. The van der Waals surface area contributed by atoms with E-state index >= 15 is 0 Å². The van der Waals surface area contributed by atoms with E-state index in [1.165, 1.54) is 18.7 Å². The van der Waals surface area contributed by atoms with Gasteiger partial charge < -0.3 is 9.64 Å². The van der Waals surface area contributed by atoms with Gasteiger partial charge in [-0.05, 0) is 47.5 Å². The quantitative estimate of drug-likeness (QED) is 0.296. The minimum atomic E-state index is -0.495. The fourth-order valence-electron chi connectivity index (χ4n) is 3.61. The molecule has 1 aromatic carbocycles. The van der Waals surface area contributed by atoms with E-state index in [0.29, 0.717) is 18.5 Å². The number of nitrogens with zero attached hydrogens (tertiary/aromatic N) is 9. The van der Waals surface area contributed by atoms with Gasteiger partial charge in [0.15, 0.2) is 0 Å². The number of benzene rings is 1. The summed E-state index contributed by atoms with van der Waals surface area (Å²) in [6.07, 6.45) is 5.89. The molecular formula is C20H19N9O3S. The molecule has 0 radical (unpaired) electrons. The van der Waals surface area contributed by atoms with E-state index < -0.39 is 4.92 Å². The summed E-state index contributed by atoms with van der Waals surface area (Å²) in [5.41, 5.74) is 1.66. The Morgan fingerprint density at radius 3 is 2.58 bits per heavy atom. The highest BCUT2D eigenvalue weighted by Gasteiger charge is 2.25. The maximum absolute atomic E-state index is 10.8. The molecule has 0 unspecified atom stereocenters. The molecule has 1 fully saturated rings. The van der Waals surface area contributed by atoms with Crippen molar-refractivity contribution in [3.8, 4) is 11.4 Å². The van der Waals surface area contributed by atoms with Crippen molar-refractivity contribution in [3.63, 3.8) is 0 Å². The van der Waals surface area contributed by atoms with Crippen molar-refractivity contribution in [2.75, 3.05) is 18.0 Å². The van der Waals surface area contributed by atoms with Crippen molar-refractivity contribution >= 4 is 23.0 Å². The number of thiazole rings is 1. The Balaban J connectivity index is 1.13. The molecule has 0 N–H and O–H groups in total. The van der Waals surface area contributed by atoms with Gasteiger partial charge in [-0.25, -0.2) is 19.6 Å².